The van der Waals surface area contributed by atoms with Crippen molar-refractivity contribution in [2.45, 2.75) is 56.9 Å². The summed E-state index contributed by atoms with van der Waals surface area (Å²) >= 11 is 0. The lowest BCUT2D eigenvalue weighted by Gasteiger charge is -2.35. The molecule has 7 nitrogen and oxygen atoms in total. The van der Waals surface area contributed by atoms with Crippen LogP contribution in [-0.4, -0.2) is 90.2 Å². The van der Waals surface area contributed by atoms with E-state index in [1.165, 1.54) is 32.1 Å². The Morgan fingerprint density at radius 1 is 1.07 bits per heavy atom. The maximum absolute atomic E-state index is 12.9. The number of piperazine rings is 1. The monoisotopic (exact) mass is 380 g/mol. The summed E-state index contributed by atoms with van der Waals surface area (Å²) in [4.78, 5) is 31.6. The number of aliphatic hydroxyl groups excluding tert-OH is 1. The van der Waals surface area contributed by atoms with E-state index in [9.17, 15) is 14.7 Å². The van der Waals surface area contributed by atoms with Gasteiger partial charge in [0.2, 0.25) is 5.91 Å². The van der Waals surface area contributed by atoms with E-state index in [-0.39, 0.29) is 18.5 Å². The number of urea groups is 1. The summed E-state index contributed by atoms with van der Waals surface area (Å²) in [5.74, 6) is 0.759. The van der Waals surface area contributed by atoms with Crippen molar-refractivity contribution in [2.75, 3.05) is 52.9 Å². The number of hydrogen-bond donors (Lipinski definition) is 2. The Morgan fingerprint density at radius 3 is 2.33 bits per heavy atom. The quantitative estimate of drug-likeness (QED) is 0.697. The van der Waals surface area contributed by atoms with Gasteiger partial charge in [0.25, 0.3) is 0 Å². The third kappa shape index (κ3) is 5.35. The van der Waals surface area contributed by atoms with E-state index >= 15 is 0 Å². The fourth-order valence-corrected chi connectivity index (χ4v) is 4.36. The Labute approximate surface area is 163 Å². The number of rotatable bonds is 7. The Morgan fingerprint density at radius 2 is 1.74 bits per heavy atom. The molecule has 3 aliphatic rings. The highest BCUT2D eigenvalue weighted by molar-refractivity contribution is 5.93. The third-order valence-corrected chi connectivity index (χ3v) is 6.49. The van der Waals surface area contributed by atoms with Gasteiger partial charge in [0.05, 0.1) is 6.61 Å². The molecule has 3 rings (SSSR count). The summed E-state index contributed by atoms with van der Waals surface area (Å²) in [5.41, 5.74) is -0.703. The van der Waals surface area contributed by atoms with Crippen molar-refractivity contribution in [1.29, 1.82) is 0 Å². The molecule has 1 heterocycles. The average molecular weight is 381 g/mol. The number of aliphatic hydroxyl groups is 1. The summed E-state index contributed by atoms with van der Waals surface area (Å²) in [7, 11) is 2.07. The molecule has 0 aromatic rings. The lowest BCUT2D eigenvalue weighted by Crippen LogP contribution is -2.57. The first kappa shape index (κ1) is 20.4. The van der Waals surface area contributed by atoms with Crippen molar-refractivity contribution in [3.63, 3.8) is 0 Å². The predicted molar refractivity (Wildman–Crippen MR) is 104 cm³/mol. The fourth-order valence-electron chi connectivity index (χ4n) is 4.36. The van der Waals surface area contributed by atoms with Crippen LogP contribution in [-0.2, 0) is 4.79 Å². The normalized spacial score (nSPS) is 23.1. The number of hydrogen-bond acceptors (Lipinski definition) is 4. The zero-order valence-electron chi connectivity index (χ0n) is 16.8. The van der Waals surface area contributed by atoms with Gasteiger partial charge in [0.1, 0.15) is 5.54 Å². The van der Waals surface area contributed by atoms with Crippen LogP contribution in [0.15, 0.2) is 0 Å². The highest BCUT2D eigenvalue weighted by Gasteiger charge is 2.53. The molecule has 2 N–H and O–H groups in total. The van der Waals surface area contributed by atoms with Crippen molar-refractivity contribution in [3.8, 4) is 0 Å². The van der Waals surface area contributed by atoms with Crippen molar-refractivity contribution in [1.82, 2.24) is 20.0 Å². The molecule has 0 radical (unpaired) electrons. The molecule has 3 amide bonds. The van der Waals surface area contributed by atoms with Crippen LogP contribution >= 0.6 is 0 Å². The van der Waals surface area contributed by atoms with Gasteiger partial charge in [-0.05, 0) is 32.2 Å². The summed E-state index contributed by atoms with van der Waals surface area (Å²) in [6.45, 7) is 4.18. The maximum atomic E-state index is 12.9. The summed E-state index contributed by atoms with van der Waals surface area (Å²) in [6.07, 6.45) is 8.85. The van der Waals surface area contributed by atoms with Crippen LogP contribution < -0.4 is 5.32 Å². The second kappa shape index (κ2) is 9.24. The van der Waals surface area contributed by atoms with Crippen LogP contribution in [0, 0.1) is 5.92 Å². The van der Waals surface area contributed by atoms with Gasteiger partial charge < -0.3 is 25.1 Å². The SMILES string of the molecule is CN1CCN(C(=O)C2(NC(=O)N(CCO)CCC3CCCCC3)CC2)CC1. The summed E-state index contributed by atoms with van der Waals surface area (Å²) < 4.78 is 0. The average Bonchev–Trinajstić information content (AvgIpc) is 3.46. The summed E-state index contributed by atoms with van der Waals surface area (Å²) in [6, 6.07) is -0.195. The molecule has 0 aromatic carbocycles. The van der Waals surface area contributed by atoms with E-state index in [2.05, 4.69) is 17.3 Å². The molecule has 2 aliphatic carbocycles. The van der Waals surface area contributed by atoms with Crippen LogP contribution in [0.3, 0.4) is 0 Å². The minimum absolute atomic E-state index is 0.0442. The molecule has 0 aromatic heterocycles. The van der Waals surface area contributed by atoms with Gasteiger partial charge in [0, 0.05) is 39.3 Å². The van der Waals surface area contributed by atoms with E-state index in [0.29, 0.717) is 19.0 Å². The van der Waals surface area contributed by atoms with Crippen LogP contribution in [0.2, 0.25) is 0 Å². The smallest absolute Gasteiger partial charge is 0.318 e. The number of nitrogens with one attached hydrogen (secondary N) is 1. The van der Waals surface area contributed by atoms with Crippen molar-refractivity contribution in [3.05, 3.63) is 0 Å². The van der Waals surface area contributed by atoms with E-state index < -0.39 is 5.54 Å². The van der Waals surface area contributed by atoms with Gasteiger partial charge in [-0.2, -0.15) is 0 Å². The minimum atomic E-state index is -0.703. The number of amides is 3. The molecule has 1 saturated heterocycles. The van der Waals surface area contributed by atoms with Gasteiger partial charge >= 0.3 is 6.03 Å². The predicted octanol–water partition coefficient (Wildman–Crippen LogP) is 1.27. The topological polar surface area (TPSA) is 76.1 Å². The van der Waals surface area contributed by atoms with Crippen LogP contribution in [0.4, 0.5) is 4.79 Å². The number of likely N-dealkylation sites (N-methyl/N-ethyl adjacent to an activating group) is 1. The van der Waals surface area contributed by atoms with E-state index in [4.69, 9.17) is 0 Å². The van der Waals surface area contributed by atoms with E-state index in [1.807, 2.05) is 4.90 Å². The zero-order chi connectivity index (χ0) is 19.3. The molecule has 3 fully saturated rings. The molecule has 154 valence electrons. The minimum Gasteiger partial charge on any atom is -0.395 e. The molecule has 7 heteroatoms. The third-order valence-electron chi connectivity index (χ3n) is 6.49. The van der Waals surface area contributed by atoms with Gasteiger partial charge in [0.15, 0.2) is 0 Å². The van der Waals surface area contributed by atoms with Gasteiger partial charge in [-0.1, -0.05) is 32.1 Å². The Hall–Kier alpha value is -1.34. The first-order chi connectivity index (χ1) is 13.0. The Bertz CT molecular complexity index is 509. The van der Waals surface area contributed by atoms with Gasteiger partial charge in [-0.3, -0.25) is 4.79 Å². The van der Waals surface area contributed by atoms with E-state index in [1.54, 1.807) is 4.90 Å². The van der Waals surface area contributed by atoms with Crippen LogP contribution in [0.5, 0.6) is 0 Å². The second-order valence-corrected chi connectivity index (χ2v) is 8.61. The lowest BCUT2D eigenvalue weighted by molar-refractivity contribution is -0.136. The van der Waals surface area contributed by atoms with Crippen molar-refractivity contribution >= 4 is 11.9 Å². The Balaban J connectivity index is 1.51. The molecule has 0 atom stereocenters. The fraction of sp³-hybridized carbons (Fsp3) is 0.900. The lowest BCUT2D eigenvalue weighted by atomic mass is 9.87. The summed E-state index contributed by atoms with van der Waals surface area (Å²) in [5, 5.41) is 12.4. The molecule has 2 saturated carbocycles. The van der Waals surface area contributed by atoms with E-state index in [0.717, 1.165) is 45.4 Å². The first-order valence-corrected chi connectivity index (χ1v) is 10.7. The van der Waals surface area contributed by atoms with Gasteiger partial charge in [-0.25, -0.2) is 4.79 Å². The largest absolute Gasteiger partial charge is 0.395 e. The first-order valence-electron chi connectivity index (χ1n) is 10.7. The molecular weight excluding hydrogens is 344 g/mol. The number of nitrogens with zero attached hydrogens (tertiary/aromatic N) is 3. The van der Waals surface area contributed by atoms with Gasteiger partial charge in [-0.15, -0.1) is 0 Å². The molecule has 0 spiro atoms. The molecule has 0 bridgehead atoms. The molecular formula is C20H36N4O3. The Kier molecular flexibility index (Phi) is 6.98. The van der Waals surface area contributed by atoms with Crippen LogP contribution in [0.25, 0.3) is 0 Å². The molecule has 0 unspecified atom stereocenters. The van der Waals surface area contributed by atoms with Crippen molar-refractivity contribution < 1.29 is 14.7 Å². The van der Waals surface area contributed by atoms with Crippen LogP contribution in [0.1, 0.15) is 51.4 Å². The molecule has 27 heavy (non-hydrogen) atoms. The maximum Gasteiger partial charge on any atom is 0.318 e. The number of carbonyl (C=O) groups excluding carboxylic acids is 2. The highest BCUT2D eigenvalue weighted by atomic mass is 16.3. The zero-order valence-corrected chi connectivity index (χ0v) is 16.8. The number of carbonyl (C=O) groups is 2. The van der Waals surface area contributed by atoms with Crippen molar-refractivity contribution in [2.24, 2.45) is 5.92 Å². The standard InChI is InChI=1S/C20H36N4O3/c1-22-11-13-23(14-12-22)18(26)20(8-9-20)21-19(27)24(15-16-25)10-7-17-5-3-2-4-6-17/h17,25H,2-16H2,1H3,(H,21,27). The molecule has 1 aliphatic heterocycles. The second-order valence-electron chi connectivity index (χ2n) is 8.61. The highest BCUT2D eigenvalue weighted by Crippen LogP contribution is 2.38.